The highest BCUT2D eigenvalue weighted by molar-refractivity contribution is 6.32. The Morgan fingerprint density at radius 3 is 2.70 bits per heavy atom. The van der Waals surface area contributed by atoms with Crippen molar-refractivity contribution in [3.05, 3.63) is 46.7 Å². The van der Waals surface area contributed by atoms with Crippen molar-refractivity contribution in [1.29, 1.82) is 0 Å². The van der Waals surface area contributed by atoms with Crippen LogP contribution in [-0.2, 0) is 4.79 Å². The van der Waals surface area contributed by atoms with Crippen LogP contribution >= 0.6 is 11.6 Å². The second kappa shape index (κ2) is 10.7. The Kier molecular flexibility index (Phi) is 7.81. The topological polar surface area (TPSA) is 125 Å². The van der Waals surface area contributed by atoms with Crippen LogP contribution in [0.15, 0.2) is 30.6 Å². The van der Waals surface area contributed by atoms with Crippen LogP contribution in [0.1, 0.15) is 54.1 Å². The first kappa shape index (κ1) is 21.8. The smallest absolute Gasteiger partial charge is 0.254 e. The van der Waals surface area contributed by atoms with Crippen LogP contribution in [0.2, 0.25) is 5.02 Å². The maximum absolute atomic E-state index is 12.2. The quantitative estimate of drug-likeness (QED) is 0.258. The number of para-hydroxylation sites is 1. The van der Waals surface area contributed by atoms with Gasteiger partial charge in [0.05, 0.1) is 16.6 Å². The Balaban J connectivity index is 1.40. The van der Waals surface area contributed by atoms with Crippen molar-refractivity contribution in [2.45, 2.75) is 38.1 Å². The molecule has 0 radical (unpaired) electrons. The monoisotopic (exact) mass is 433 g/mol. The molecule has 1 unspecified atom stereocenters. The third kappa shape index (κ3) is 5.80. The zero-order valence-corrected chi connectivity index (χ0v) is 17.1. The van der Waals surface area contributed by atoms with Crippen LogP contribution in [0.5, 0.6) is 5.75 Å². The van der Waals surface area contributed by atoms with Crippen molar-refractivity contribution in [2.75, 3.05) is 18.5 Å². The molecule has 0 aliphatic carbocycles. The molecule has 2 aromatic rings. The van der Waals surface area contributed by atoms with Gasteiger partial charge in [-0.25, -0.2) is 15.4 Å². The number of hydroxylamine groups is 1. The van der Waals surface area contributed by atoms with E-state index in [1.165, 1.54) is 12.4 Å². The molecule has 0 spiro atoms. The zero-order chi connectivity index (χ0) is 21.3. The second-order valence-corrected chi connectivity index (χ2v) is 7.32. The predicted octanol–water partition coefficient (Wildman–Crippen LogP) is 2.86. The molecule has 3 rings (SSSR count). The van der Waals surface area contributed by atoms with Gasteiger partial charge < -0.3 is 15.4 Å². The lowest BCUT2D eigenvalue weighted by Gasteiger charge is -2.11. The number of amides is 2. The van der Waals surface area contributed by atoms with Crippen molar-refractivity contribution >= 4 is 29.4 Å². The molecule has 0 saturated heterocycles. The van der Waals surface area contributed by atoms with Crippen LogP contribution < -0.4 is 20.9 Å². The number of unbranched alkanes of at least 4 members (excludes halogenated alkanes) is 3. The number of benzene rings is 1. The molecule has 9 nitrogen and oxygen atoms in total. The molecule has 2 amide bonds. The Hall–Kier alpha value is -2.91. The average molecular weight is 434 g/mol. The predicted molar refractivity (Wildman–Crippen MR) is 111 cm³/mol. The fourth-order valence-corrected chi connectivity index (χ4v) is 3.36. The summed E-state index contributed by atoms with van der Waals surface area (Å²) in [6, 6.07) is 5.48. The summed E-state index contributed by atoms with van der Waals surface area (Å²) in [7, 11) is 0. The number of hydrogen-bond donors (Lipinski definition) is 4. The molecule has 0 fully saturated rings. The number of fused-ring (bicyclic) bond motifs is 1. The van der Waals surface area contributed by atoms with Crippen LogP contribution in [0.3, 0.4) is 0 Å². The number of aromatic nitrogens is 2. The third-order valence-corrected chi connectivity index (χ3v) is 5.02. The van der Waals surface area contributed by atoms with Crippen molar-refractivity contribution < 1.29 is 19.5 Å². The van der Waals surface area contributed by atoms with E-state index in [2.05, 4.69) is 20.6 Å². The minimum Gasteiger partial charge on any atom is -0.489 e. The molecule has 1 aromatic heterocycles. The molecule has 0 bridgehead atoms. The van der Waals surface area contributed by atoms with Crippen molar-refractivity contribution in [1.82, 2.24) is 20.8 Å². The van der Waals surface area contributed by atoms with Gasteiger partial charge in [0.2, 0.25) is 11.9 Å². The molecule has 1 aliphatic heterocycles. The van der Waals surface area contributed by atoms with Crippen molar-refractivity contribution in [3.63, 3.8) is 0 Å². The van der Waals surface area contributed by atoms with E-state index in [1.54, 1.807) is 11.5 Å². The van der Waals surface area contributed by atoms with Crippen LogP contribution in [-0.4, -0.2) is 40.1 Å². The Morgan fingerprint density at radius 1 is 1.17 bits per heavy atom. The van der Waals surface area contributed by atoms with E-state index in [9.17, 15) is 9.59 Å². The lowest BCUT2D eigenvalue weighted by molar-refractivity contribution is -0.129. The number of nitrogens with one attached hydrogen (secondary N) is 3. The number of halogens is 1. The number of ether oxygens (including phenoxy) is 1. The normalized spacial score (nSPS) is 14.5. The van der Waals surface area contributed by atoms with Gasteiger partial charge in [-0.2, -0.15) is 0 Å². The molecule has 10 heteroatoms. The van der Waals surface area contributed by atoms with Gasteiger partial charge in [0, 0.05) is 30.9 Å². The summed E-state index contributed by atoms with van der Waals surface area (Å²) < 4.78 is 5.63. The SMILES string of the molecule is O=C(CCCCCCNC(=O)c1cnc(NC2COc3c(Cl)cccc32)nc1)NO. The van der Waals surface area contributed by atoms with Gasteiger partial charge in [0.15, 0.2) is 0 Å². The maximum atomic E-state index is 12.2. The highest BCUT2D eigenvalue weighted by Crippen LogP contribution is 2.39. The van der Waals surface area contributed by atoms with Crippen LogP contribution in [0, 0.1) is 0 Å². The Bertz CT molecular complexity index is 878. The number of nitrogens with zero attached hydrogens (tertiary/aromatic N) is 2. The summed E-state index contributed by atoms with van der Waals surface area (Å²) >= 11 is 6.14. The van der Waals surface area contributed by atoms with Gasteiger partial charge in [-0.1, -0.05) is 36.6 Å². The fraction of sp³-hybridized carbons (Fsp3) is 0.400. The summed E-state index contributed by atoms with van der Waals surface area (Å²) in [5, 5.41) is 15.0. The lowest BCUT2D eigenvalue weighted by atomic mass is 10.1. The van der Waals surface area contributed by atoms with E-state index in [0.29, 0.717) is 48.3 Å². The molecule has 2 heterocycles. The van der Waals surface area contributed by atoms with Gasteiger partial charge in [-0.05, 0) is 18.9 Å². The summed E-state index contributed by atoms with van der Waals surface area (Å²) in [6.45, 7) is 0.956. The van der Waals surface area contributed by atoms with E-state index in [4.69, 9.17) is 21.5 Å². The van der Waals surface area contributed by atoms with Gasteiger partial charge in [-0.15, -0.1) is 0 Å². The number of hydrogen-bond acceptors (Lipinski definition) is 7. The molecular weight excluding hydrogens is 410 g/mol. The minimum absolute atomic E-state index is 0.109. The van der Waals surface area contributed by atoms with E-state index in [1.807, 2.05) is 12.1 Å². The van der Waals surface area contributed by atoms with Gasteiger partial charge in [-0.3, -0.25) is 14.8 Å². The van der Waals surface area contributed by atoms with Gasteiger partial charge in [0.1, 0.15) is 12.4 Å². The molecule has 30 heavy (non-hydrogen) atoms. The van der Waals surface area contributed by atoms with Crippen molar-refractivity contribution in [3.8, 4) is 5.75 Å². The number of carbonyl (C=O) groups excluding carboxylic acids is 2. The molecule has 1 aromatic carbocycles. The largest absolute Gasteiger partial charge is 0.489 e. The summed E-state index contributed by atoms with van der Waals surface area (Å²) in [6.07, 6.45) is 6.49. The van der Waals surface area contributed by atoms with Crippen LogP contribution in [0.25, 0.3) is 0 Å². The second-order valence-electron chi connectivity index (χ2n) is 6.92. The van der Waals surface area contributed by atoms with E-state index in [-0.39, 0.29) is 17.9 Å². The fourth-order valence-electron chi connectivity index (χ4n) is 3.13. The van der Waals surface area contributed by atoms with Gasteiger partial charge in [0.25, 0.3) is 5.91 Å². The highest BCUT2D eigenvalue weighted by Gasteiger charge is 2.26. The standard InChI is InChI=1S/C20H24ClN5O4/c21-15-7-5-6-14-16(12-30-18(14)15)25-20-23-10-13(11-24-20)19(28)22-9-4-2-1-3-8-17(27)26-29/h5-7,10-11,16,29H,1-4,8-9,12H2,(H,22,28)(H,26,27)(H,23,24,25). The van der Waals surface area contributed by atoms with E-state index in [0.717, 1.165) is 24.8 Å². The molecule has 4 N–H and O–H groups in total. The molecular formula is C20H24ClN5O4. The highest BCUT2D eigenvalue weighted by atomic mass is 35.5. The third-order valence-electron chi connectivity index (χ3n) is 4.73. The van der Waals surface area contributed by atoms with E-state index >= 15 is 0 Å². The number of carbonyl (C=O) groups is 2. The lowest BCUT2D eigenvalue weighted by Crippen LogP contribution is -2.25. The molecule has 0 saturated carbocycles. The Morgan fingerprint density at radius 2 is 1.93 bits per heavy atom. The van der Waals surface area contributed by atoms with Crippen LogP contribution in [0.4, 0.5) is 5.95 Å². The molecule has 1 aliphatic rings. The first-order chi connectivity index (χ1) is 14.6. The van der Waals surface area contributed by atoms with Gasteiger partial charge >= 0.3 is 0 Å². The van der Waals surface area contributed by atoms with Crippen molar-refractivity contribution in [2.24, 2.45) is 0 Å². The molecule has 160 valence electrons. The summed E-state index contributed by atoms with van der Waals surface area (Å²) in [4.78, 5) is 31.5. The zero-order valence-electron chi connectivity index (χ0n) is 16.4. The summed E-state index contributed by atoms with van der Waals surface area (Å²) in [5.74, 6) is 0.460. The first-order valence-corrected chi connectivity index (χ1v) is 10.2. The Labute approximate surface area is 179 Å². The number of anilines is 1. The maximum Gasteiger partial charge on any atom is 0.254 e. The average Bonchev–Trinajstić information content (AvgIpc) is 3.17. The van der Waals surface area contributed by atoms with E-state index < -0.39 is 0 Å². The molecule has 1 atom stereocenters. The number of rotatable bonds is 10. The minimum atomic E-state index is -0.380. The summed E-state index contributed by atoms with van der Waals surface area (Å²) in [5.41, 5.74) is 2.94. The first-order valence-electron chi connectivity index (χ1n) is 9.79.